The lowest BCUT2D eigenvalue weighted by molar-refractivity contribution is -0.125. The molecule has 1 unspecified atom stereocenters. The Bertz CT molecular complexity index is 1590. The van der Waals surface area contributed by atoms with Gasteiger partial charge in [0.25, 0.3) is 5.91 Å². The number of rotatable bonds is 13. The number of ether oxygens (including phenoxy) is 1. The summed E-state index contributed by atoms with van der Waals surface area (Å²) in [6.45, 7) is 13.6. The van der Waals surface area contributed by atoms with E-state index in [0.29, 0.717) is 53.4 Å². The fourth-order valence-corrected chi connectivity index (χ4v) is 6.60. The molecule has 0 radical (unpaired) electrons. The van der Waals surface area contributed by atoms with Gasteiger partial charge in [-0.15, -0.1) is 0 Å². The molecule has 0 spiro atoms. The predicted octanol–water partition coefficient (Wildman–Crippen LogP) is 6.13. The van der Waals surface area contributed by atoms with Gasteiger partial charge >= 0.3 is 6.09 Å². The number of hydrogen-bond acceptors (Lipinski definition) is 6. The first-order chi connectivity index (χ1) is 22.5. The van der Waals surface area contributed by atoms with E-state index in [1.165, 1.54) is 4.90 Å². The summed E-state index contributed by atoms with van der Waals surface area (Å²) in [5, 5.41) is 24.4. The highest BCUT2D eigenvalue weighted by Gasteiger charge is 2.36. The Balaban J connectivity index is 1.52. The van der Waals surface area contributed by atoms with Crippen molar-refractivity contribution in [2.24, 2.45) is 0 Å². The van der Waals surface area contributed by atoms with Crippen LogP contribution in [0.1, 0.15) is 72.5 Å². The van der Waals surface area contributed by atoms with Gasteiger partial charge in [-0.05, 0) is 86.7 Å². The summed E-state index contributed by atoms with van der Waals surface area (Å²) in [5.74, 6) is -0.625. The van der Waals surface area contributed by atoms with Crippen molar-refractivity contribution in [2.75, 3.05) is 13.2 Å². The minimum Gasteiger partial charge on any atom is -0.465 e. The molecule has 2 aromatic heterocycles. The highest BCUT2D eigenvalue weighted by molar-refractivity contribution is 6.76. The number of carbonyl (C=O) groups excluding carboxylic acids is 2. The zero-order chi connectivity index (χ0) is 35.2. The summed E-state index contributed by atoms with van der Waals surface area (Å²) >= 11 is 6.30. The number of pyridine rings is 1. The molecule has 13 heteroatoms. The lowest BCUT2D eigenvalue weighted by Gasteiger charge is -2.33. The number of halogens is 1. The van der Waals surface area contributed by atoms with Crippen LogP contribution < -0.4 is 5.32 Å². The predicted molar refractivity (Wildman–Crippen MR) is 188 cm³/mol. The number of aromatic nitrogens is 2. The number of likely N-dealkylation sites (tertiary alicyclic amines) is 1. The molecule has 1 fully saturated rings. The van der Waals surface area contributed by atoms with Crippen molar-refractivity contribution in [2.45, 2.75) is 96.8 Å². The average molecular weight is 698 g/mol. The van der Waals surface area contributed by atoms with Gasteiger partial charge < -0.3 is 29.7 Å². The summed E-state index contributed by atoms with van der Waals surface area (Å²) in [5.41, 5.74) is 2.30. The van der Waals surface area contributed by atoms with Crippen LogP contribution in [0.2, 0.25) is 30.7 Å². The molecule has 1 saturated heterocycles. The third-order valence-electron chi connectivity index (χ3n) is 8.51. The van der Waals surface area contributed by atoms with Gasteiger partial charge in [-0.1, -0.05) is 37.3 Å². The first kappa shape index (κ1) is 37.1. The molecule has 0 aliphatic carbocycles. The number of nitrogens with one attached hydrogen (secondary N) is 1. The molecule has 0 saturated carbocycles. The zero-order valence-corrected chi connectivity index (χ0v) is 30.5. The maximum atomic E-state index is 14.1. The normalized spacial score (nSPS) is 15.8. The minimum absolute atomic E-state index is 0.119. The molecule has 1 aliphatic heterocycles. The Labute approximate surface area is 288 Å². The van der Waals surface area contributed by atoms with Crippen molar-refractivity contribution >= 4 is 37.6 Å². The van der Waals surface area contributed by atoms with Crippen LogP contribution in [0, 0.1) is 0 Å². The van der Waals surface area contributed by atoms with Crippen LogP contribution in [-0.2, 0) is 29.4 Å². The zero-order valence-electron chi connectivity index (χ0n) is 28.7. The molecule has 2 atom stereocenters. The van der Waals surface area contributed by atoms with Gasteiger partial charge in [0.1, 0.15) is 24.6 Å². The summed E-state index contributed by atoms with van der Waals surface area (Å²) < 4.78 is 7.71. The third-order valence-corrected chi connectivity index (χ3v) is 10.4. The first-order valence-electron chi connectivity index (χ1n) is 16.3. The van der Waals surface area contributed by atoms with Gasteiger partial charge in [0.15, 0.2) is 0 Å². The smallest absolute Gasteiger partial charge is 0.408 e. The van der Waals surface area contributed by atoms with Crippen molar-refractivity contribution in [1.29, 1.82) is 0 Å². The van der Waals surface area contributed by atoms with Gasteiger partial charge in [-0.3, -0.25) is 19.5 Å². The second-order valence-corrected chi connectivity index (χ2v) is 20.5. The van der Waals surface area contributed by atoms with E-state index in [4.69, 9.17) is 16.3 Å². The van der Waals surface area contributed by atoms with Crippen LogP contribution in [0.5, 0.6) is 0 Å². The van der Waals surface area contributed by atoms with Crippen molar-refractivity contribution in [3.63, 3.8) is 0 Å². The summed E-state index contributed by atoms with van der Waals surface area (Å²) in [7, 11) is -1.33. The number of hydrogen-bond donors (Lipinski definition) is 3. The number of carboxylic acid groups (broad SMARTS) is 1. The van der Waals surface area contributed by atoms with Crippen molar-refractivity contribution in [1.82, 2.24) is 24.7 Å². The molecule has 11 nitrogen and oxygen atoms in total. The maximum absolute atomic E-state index is 14.1. The van der Waals surface area contributed by atoms with E-state index >= 15 is 0 Å². The molecule has 3 N–H and O–H groups in total. The first-order valence-corrected chi connectivity index (χ1v) is 20.4. The number of carbonyl (C=O) groups is 3. The lowest BCUT2D eigenvalue weighted by atomic mass is 10.0. The molecule has 48 heavy (non-hydrogen) atoms. The van der Waals surface area contributed by atoms with Crippen LogP contribution in [-0.4, -0.2) is 80.3 Å². The molecule has 1 aliphatic rings. The molecule has 3 amide bonds. The van der Waals surface area contributed by atoms with Gasteiger partial charge in [0, 0.05) is 69.0 Å². The van der Waals surface area contributed by atoms with Crippen LogP contribution in [0.3, 0.4) is 0 Å². The number of nitrogens with zero attached hydrogens (tertiary/aromatic N) is 4. The van der Waals surface area contributed by atoms with E-state index in [1.54, 1.807) is 64.5 Å². The number of amides is 3. The third kappa shape index (κ3) is 9.68. The van der Waals surface area contributed by atoms with Crippen molar-refractivity contribution < 1.29 is 29.3 Å². The number of benzene rings is 1. The lowest BCUT2D eigenvalue weighted by Crippen LogP contribution is -2.46. The van der Waals surface area contributed by atoms with E-state index in [9.17, 15) is 24.6 Å². The summed E-state index contributed by atoms with van der Waals surface area (Å²) in [4.78, 5) is 46.7. The van der Waals surface area contributed by atoms with E-state index in [-0.39, 0.29) is 31.6 Å². The van der Waals surface area contributed by atoms with Crippen LogP contribution in [0.25, 0.3) is 0 Å². The van der Waals surface area contributed by atoms with Gasteiger partial charge in [0.2, 0.25) is 5.91 Å². The van der Waals surface area contributed by atoms with E-state index in [0.717, 1.165) is 11.6 Å². The largest absolute Gasteiger partial charge is 0.465 e. The van der Waals surface area contributed by atoms with E-state index in [1.807, 2.05) is 20.8 Å². The summed E-state index contributed by atoms with van der Waals surface area (Å²) in [6.07, 6.45) is 4.08. The Morgan fingerprint density at radius 3 is 2.46 bits per heavy atom. The van der Waals surface area contributed by atoms with Gasteiger partial charge in [0.05, 0.1) is 0 Å². The van der Waals surface area contributed by atoms with Gasteiger partial charge in [-0.2, -0.15) is 0 Å². The standard InChI is InChI=1S/C35H48ClN5O6Si/c1-35(2,3)41(34(45)46)22-25-9-10-28(36)18-26(25)20-38-32(43)29-8-7-15-40(29)33(44)30-19-27(31(42)24-11-13-37-14-12-24)21-39(30)23-47-16-17-48(4,5)6/h9-14,18-19,21,29,31,42H,7-8,15-17,20,22-23H2,1-6H3,(H,38,43)(H,45,46)/t29-,31?/m0/s1. The Morgan fingerprint density at radius 1 is 1.10 bits per heavy atom. The number of aliphatic hydroxyl groups excluding tert-OH is 1. The summed E-state index contributed by atoms with van der Waals surface area (Å²) in [6, 6.07) is 10.6. The van der Waals surface area contributed by atoms with Gasteiger partial charge in [-0.25, -0.2) is 4.79 Å². The molecule has 3 heterocycles. The topological polar surface area (TPSA) is 137 Å². The van der Waals surface area contributed by atoms with E-state index in [2.05, 4.69) is 29.9 Å². The molecular weight excluding hydrogens is 650 g/mol. The SMILES string of the molecule is CC(C)(C)N(Cc1ccc(Cl)cc1CNC(=O)[C@@H]1CCCN1C(=O)c1cc(C(O)c2ccncc2)cn1COCC[Si](C)(C)C)C(=O)O. The van der Waals surface area contributed by atoms with Crippen LogP contribution >= 0.6 is 11.6 Å². The quantitative estimate of drug-likeness (QED) is 0.144. The molecule has 1 aromatic carbocycles. The minimum atomic E-state index is -1.33. The fourth-order valence-electron chi connectivity index (χ4n) is 5.65. The molecule has 260 valence electrons. The second kappa shape index (κ2) is 15.7. The highest BCUT2D eigenvalue weighted by Crippen LogP contribution is 2.28. The van der Waals surface area contributed by atoms with Crippen molar-refractivity contribution in [3.05, 3.63) is 88.0 Å². The monoisotopic (exact) mass is 697 g/mol. The molecular formula is C35H48ClN5O6Si. The second-order valence-electron chi connectivity index (χ2n) is 14.5. The highest BCUT2D eigenvalue weighted by atomic mass is 35.5. The fraction of sp³-hybridized carbons (Fsp3) is 0.486. The number of aliphatic hydroxyl groups is 1. The molecule has 3 aromatic rings. The maximum Gasteiger partial charge on any atom is 0.408 e. The van der Waals surface area contributed by atoms with Crippen LogP contribution in [0.15, 0.2) is 55.0 Å². The Kier molecular flexibility index (Phi) is 12.1. The van der Waals surface area contributed by atoms with E-state index < -0.39 is 31.9 Å². The average Bonchev–Trinajstić information content (AvgIpc) is 3.68. The Hall–Kier alpha value is -3.71. The Morgan fingerprint density at radius 2 is 1.81 bits per heavy atom. The van der Waals surface area contributed by atoms with Crippen molar-refractivity contribution in [3.8, 4) is 0 Å². The molecule has 4 rings (SSSR count). The molecule has 0 bridgehead atoms. The van der Waals surface area contributed by atoms with Crippen LogP contribution in [0.4, 0.5) is 4.79 Å².